The maximum absolute atomic E-state index is 13.1. The van der Waals surface area contributed by atoms with E-state index >= 15 is 0 Å². The van der Waals surface area contributed by atoms with Gasteiger partial charge in [-0.15, -0.1) is 0 Å². The van der Waals surface area contributed by atoms with Crippen molar-refractivity contribution in [1.82, 2.24) is 0 Å². The molecule has 0 saturated heterocycles. The Morgan fingerprint density at radius 1 is 1.62 bits per heavy atom. The summed E-state index contributed by atoms with van der Waals surface area (Å²) in [5.41, 5.74) is 5.43. The van der Waals surface area contributed by atoms with E-state index in [0.29, 0.717) is 0 Å². The topological polar surface area (TPSA) is 52.3 Å². The predicted octanol–water partition coefficient (Wildman–Crippen LogP) is 1.98. The van der Waals surface area contributed by atoms with Gasteiger partial charge in [-0.25, -0.2) is 9.18 Å². The molecular formula is C11H9ClFNO2. The van der Waals surface area contributed by atoms with Crippen LogP contribution in [0.3, 0.4) is 0 Å². The molecule has 1 rings (SSSR count). The van der Waals surface area contributed by atoms with E-state index < -0.39 is 11.8 Å². The van der Waals surface area contributed by atoms with Gasteiger partial charge in [0.15, 0.2) is 0 Å². The molecule has 0 heterocycles. The number of hydrogen-bond donors (Lipinski definition) is 1. The molecule has 5 heteroatoms. The summed E-state index contributed by atoms with van der Waals surface area (Å²) in [5, 5.41) is 0.190. The van der Waals surface area contributed by atoms with Crippen molar-refractivity contribution in [3.05, 3.63) is 28.5 Å². The van der Waals surface area contributed by atoms with Gasteiger partial charge in [0.25, 0.3) is 0 Å². The van der Waals surface area contributed by atoms with Crippen LogP contribution in [0.2, 0.25) is 5.02 Å². The maximum Gasteiger partial charge on any atom is 0.384 e. The van der Waals surface area contributed by atoms with Gasteiger partial charge in [0.2, 0.25) is 0 Å². The van der Waals surface area contributed by atoms with Crippen molar-refractivity contribution in [2.24, 2.45) is 0 Å². The summed E-state index contributed by atoms with van der Waals surface area (Å²) < 4.78 is 17.6. The standard InChI is InChI=1S/C11H9ClFNO2/c1-2-16-11(15)4-3-7-5-9(13)10(14)6-8(7)12/h5-6H,2,14H2,1H3. The molecule has 0 unspecified atom stereocenters. The Hall–Kier alpha value is -1.73. The van der Waals surface area contributed by atoms with Crippen LogP contribution < -0.4 is 5.73 Å². The number of carbonyl (C=O) groups excluding carboxylic acids is 1. The van der Waals surface area contributed by atoms with Gasteiger partial charge in [0.1, 0.15) is 5.82 Å². The van der Waals surface area contributed by atoms with Crippen LogP contribution in [0.1, 0.15) is 12.5 Å². The number of carbonyl (C=O) groups is 1. The second-order valence-corrected chi connectivity index (χ2v) is 3.23. The first kappa shape index (κ1) is 12.3. The average molecular weight is 242 g/mol. The summed E-state index contributed by atoms with van der Waals surface area (Å²) in [6.07, 6.45) is 0. The van der Waals surface area contributed by atoms with Gasteiger partial charge in [-0.1, -0.05) is 17.5 Å². The zero-order valence-electron chi connectivity index (χ0n) is 8.51. The highest BCUT2D eigenvalue weighted by Crippen LogP contribution is 2.21. The van der Waals surface area contributed by atoms with Gasteiger partial charge >= 0.3 is 5.97 Å². The molecular weight excluding hydrogens is 233 g/mol. The zero-order valence-corrected chi connectivity index (χ0v) is 9.27. The SMILES string of the molecule is CCOC(=O)C#Cc1cc(F)c(N)cc1Cl. The molecule has 0 amide bonds. The Bertz CT molecular complexity index is 477. The van der Waals surface area contributed by atoms with Gasteiger partial charge < -0.3 is 10.5 Å². The van der Waals surface area contributed by atoms with Crippen molar-refractivity contribution in [1.29, 1.82) is 0 Å². The molecule has 3 nitrogen and oxygen atoms in total. The van der Waals surface area contributed by atoms with Crippen molar-refractivity contribution in [3.63, 3.8) is 0 Å². The van der Waals surface area contributed by atoms with E-state index in [1.807, 2.05) is 0 Å². The maximum atomic E-state index is 13.1. The van der Waals surface area contributed by atoms with E-state index in [1.54, 1.807) is 6.92 Å². The fourth-order valence-corrected chi connectivity index (χ4v) is 1.16. The monoisotopic (exact) mass is 241 g/mol. The predicted molar refractivity (Wildman–Crippen MR) is 59.3 cm³/mol. The lowest BCUT2D eigenvalue weighted by Crippen LogP contribution is -1.99. The summed E-state index contributed by atoms with van der Waals surface area (Å²) in [6, 6.07) is 2.32. The van der Waals surface area contributed by atoms with Crippen LogP contribution in [-0.4, -0.2) is 12.6 Å². The highest BCUT2D eigenvalue weighted by molar-refractivity contribution is 6.32. The number of halogens is 2. The van der Waals surface area contributed by atoms with Crippen LogP contribution in [-0.2, 0) is 9.53 Å². The molecule has 0 spiro atoms. The highest BCUT2D eigenvalue weighted by atomic mass is 35.5. The molecule has 0 aromatic heterocycles. The van der Waals surface area contributed by atoms with Crippen LogP contribution in [0.5, 0.6) is 0 Å². The number of ether oxygens (including phenoxy) is 1. The molecule has 1 aromatic rings. The van der Waals surface area contributed by atoms with E-state index in [4.69, 9.17) is 17.3 Å². The molecule has 0 saturated carbocycles. The summed E-state index contributed by atoms with van der Waals surface area (Å²) in [5.74, 6) is 3.29. The Kier molecular flexibility index (Phi) is 4.15. The molecule has 0 bridgehead atoms. The first-order chi connectivity index (χ1) is 7.54. The lowest BCUT2D eigenvalue weighted by atomic mass is 10.2. The van der Waals surface area contributed by atoms with Crippen molar-refractivity contribution in [2.75, 3.05) is 12.3 Å². The van der Waals surface area contributed by atoms with Gasteiger partial charge in [0, 0.05) is 11.5 Å². The number of esters is 1. The quantitative estimate of drug-likeness (QED) is 0.465. The summed E-state index contributed by atoms with van der Waals surface area (Å²) in [6.45, 7) is 1.90. The minimum atomic E-state index is -0.684. The Balaban J connectivity index is 2.97. The number of rotatable bonds is 1. The van der Waals surface area contributed by atoms with E-state index in [2.05, 4.69) is 16.6 Å². The number of nitrogen functional groups attached to an aromatic ring is 1. The van der Waals surface area contributed by atoms with Gasteiger partial charge in [0.05, 0.1) is 17.3 Å². The number of nitrogens with two attached hydrogens (primary N) is 1. The number of benzene rings is 1. The fourth-order valence-electron chi connectivity index (χ4n) is 0.944. The van der Waals surface area contributed by atoms with Crippen molar-refractivity contribution >= 4 is 23.3 Å². The van der Waals surface area contributed by atoms with Crippen molar-refractivity contribution < 1.29 is 13.9 Å². The Morgan fingerprint density at radius 2 is 2.31 bits per heavy atom. The molecule has 84 valence electrons. The molecule has 0 aliphatic heterocycles. The minimum absolute atomic E-state index is 0.0633. The molecule has 0 aliphatic rings. The lowest BCUT2D eigenvalue weighted by molar-refractivity contribution is -0.136. The van der Waals surface area contributed by atoms with Crippen LogP contribution in [0.4, 0.5) is 10.1 Å². The van der Waals surface area contributed by atoms with Crippen LogP contribution in [0, 0.1) is 17.7 Å². The number of anilines is 1. The molecule has 0 atom stereocenters. The van der Waals surface area contributed by atoms with Crippen molar-refractivity contribution in [2.45, 2.75) is 6.92 Å². The third-order valence-electron chi connectivity index (χ3n) is 1.66. The molecule has 0 radical (unpaired) electrons. The number of hydrogen-bond acceptors (Lipinski definition) is 3. The van der Waals surface area contributed by atoms with E-state index in [1.165, 1.54) is 6.07 Å². The Morgan fingerprint density at radius 3 is 2.94 bits per heavy atom. The largest absolute Gasteiger partial charge is 0.456 e. The molecule has 0 aliphatic carbocycles. The summed E-state index contributed by atoms with van der Waals surface area (Å²) >= 11 is 5.76. The third kappa shape index (κ3) is 3.14. The first-order valence-corrected chi connectivity index (χ1v) is 4.85. The minimum Gasteiger partial charge on any atom is -0.456 e. The summed E-state index contributed by atoms with van der Waals surface area (Å²) in [7, 11) is 0. The van der Waals surface area contributed by atoms with Crippen LogP contribution in [0.15, 0.2) is 12.1 Å². The first-order valence-electron chi connectivity index (χ1n) is 4.48. The normalized spacial score (nSPS) is 9.19. The Labute approximate surface area is 97.3 Å². The molecule has 2 N–H and O–H groups in total. The van der Waals surface area contributed by atoms with Gasteiger partial charge in [-0.2, -0.15) is 0 Å². The fraction of sp³-hybridized carbons (Fsp3) is 0.182. The smallest absolute Gasteiger partial charge is 0.384 e. The van der Waals surface area contributed by atoms with Crippen molar-refractivity contribution in [3.8, 4) is 11.8 Å². The van der Waals surface area contributed by atoms with E-state index in [-0.39, 0.29) is 22.9 Å². The van der Waals surface area contributed by atoms with Crippen LogP contribution >= 0.6 is 11.6 Å². The molecule has 1 aromatic carbocycles. The second kappa shape index (κ2) is 5.38. The third-order valence-corrected chi connectivity index (χ3v) is 1.97. The second-order valence-electron chi connectivity index (χ2n) is 2.82. The molecule has 16 heavy (non-hydrogen) atoms. The van der Waals surface area contributed by atoms with Gasteiger partial charge in [-0.05, 0) is 19.1 Å². The summed E-state index contributed by atoms with van der Waals surface area (Å²) in [4.78, 5) is 10.9. The molecule has 0 fully saturated rings. The van der Waals surface area contributed by atoms with Gasteiger partial charge in [-0.3, -0.25) is 0 Å². The van der Waals surface area contributed by atoms with E-state index in [0.717, 1.165) is 6.07 Å². The van der Waals surface area contributed by atoms with E-state index in [9.17, 15) is 9.18 Å². The average Bonchev–Trinajstić information content (AvgIpc) is 2.22. The lowest BCUT2D eigenvalue weighted by Gasteiger charge is -1.99. The highest BCUT2D eigenvalue weighted by Gasteiger charge is 2.04. The van der Waals surface area contributed by atoms with Crippen LogP contribution in [0.25, 0.3) is 0 Å². The zero-order chi connectivity index (χ0) is 12.1.